The van der Waals surface area contributed by atoms with E-state index in [-0.39, 0.29) is 5.56 Å². The number of pyridine rings is 1. The smallest absolute Gasteiger partial charge is 0.258 e. The first-order chi connectivity index (χ1) is 14.2. The molecular formula is C24H29N3O2. The van der Waals surface area contributed by atoms with Crippen LogP contribution in [0.2, 0.25) is 0 Å². The topological polar surface area (TPSA) is 48.2 Å². The molecule has 1 N–H and O–H groups in total. The highest BCUT2D eigenvalue weighted by atomic mass is 16.5. The van der Waals surface area contributed by atoms with E-state index in [1.165, 1.54) is 54.3 Å². The van der Waals surface area contributed by atoms with Crippen molar-refractivity contribution in [3.8, 4) is 11.4 Å². The van der Waals surface area contributed by atoms with Gasteiger partial charge in [-0.05, 0) is 55.5 Å². The Kier molecular flexibility index (Phi) is 4.92. The van der Waals surface area contributed by atoms with Crippen LogP contribution in [0.1, 0.15) is 43.4 Å². The van der Waals surface area contributed by atoms with Crippen LogP contribution < -0.4 is 15.6 Å². The second-order valence-corrected chi connectivity index (χ2v) is 8.50. The van der Waals surface area contributed by atoms with Gasteiger partial charge in [-0.25, -0.2) is 0 Å². The van der Waals surface area contributed by atoms with Crippen LogP contribution in [0.25, 0.3) is 16.6 Å². The molecule has 0 amide bonds. The third-order valence-corrected chi connectivity index (χ3v) is 6.64. The Bertz CT molecular complexity index is 1090. The van der Waals surface area contributed by atoms with Gasteiger partial charge < -0.3 is 14.6 Å². The fourth-order valence-electron chi connectivity index (χ4n) is 4.96. The minimum Gasteiger partial charge on any atom is -0.493 e. The lowest BCUT2D eigenvalue weighted by Crippen LogP contribution is -2.24. The molecule has 0 atom stereocenters. The number of hydrogen-bond donors (Lipinski definition) is 1. The third kappa shape index (κ3) is 3.48. The number of fused-ring (bicyclic) bond motifs is 3. The second-order valence-electron chi connectivity index (χ2n) is 8.50. The van der Waals surface area contributed by atoms with E-state index >= 15 is 0 Å². The van der Waals surface area contributed by atoms with Crippen LogP contribution in [0.4, 0.5) is 0 Å². The van der Waals surface area contributed by atoms with Crippen molar-refractivity contribution in [3.63, 3.8) is 0 Å². The minimum atomic E-state index is -0.0499. The molecule has 5 heteroatoms. The number of aryl methyl sites for hydroxylation is 1. The van der Waals surface area contributed by atoms with E-state index in [1.807, 2.05) is 12.3 Å². The maximum Gasteiger partial charge on any atom is 0.258 e. The van der Waals surface area contributed by atoms with Crippen molar-refractivity contribution in [2.45, 2.75) is 45.1 Å². The molecule has 0 spiro atoms. The van der Waals surface area contributed by atoms with E-state index in [2.05, 4.69) is 35.1 Å². The monoisotopic (exact) mass is 391 g/mol. The Morgan fingerprint density at radius 2 is 2.00 bits per heavy atom. The summed E-state index contributed by atoms with van der Waals surface area (Å²) in [6.45, 7) is 2.65. The predicted molar refractivity (Wildman–Crippen MR) is 116 cm³/mol. The van der Waals surface area contributed by atoms with Gasteiger partial charge in [-0.1, -0.05) is 25.3 Å². The molecule has 0 radical (unpaired) electrons. The summed E-state index contributed by atoms with van der Waals surface area (Å²) in [6.07, 6.45) is 9.33. The van der Waals surface area contributed by atoms with Gasteiger partial charge in [0.05, 0.1) is 17.8 Å². The van der Waals surface area contributed by atoms with Gasteiger partial charge in [0, 0.05) is 36.9 Å². The highest BCUT2D eigenvalue weighted by molar-refractivity contribution is 5.87. The molecule has 5 rings (SSSR count). The molecular weight excluding hydrogens is 362 g/mol. The fraction of sp³-hybridized carbons (Fsp3) is 0.458. The Hall–Kier alpha value is -2.53. The molecule has 2 aliphatic rings. The first-order valence-corrected chi connectivity index (χ1v) is 10.9. The summed E-state index contributed by atoms with van der Waals surface area (Å²) in [4.78, 5) is 12.8. The summed E-state index contributed by atoms with van der Waals surface area (Å²) >= 11 is 0. The SMILES string of the molecule is Cn1c2c(c3ccc(-n4ccc(OCC5CCCCC5)cc4=O)cc31)CCNC2. The molecule has 2 aromatic heterocycles. The van der Waals surface area contributed by atoms with Gasteiger partial charge in [0.25, 0.3) is 5.56 Å². The summed E-state index contributed by atoms with van der Waals surface area (Å²) in [7, 11) is 2.11. The molecule has 1 aliphatic carbocycles. The third-order valence-electron chi connectivity index (χ3n) is 6.64. The zero-order valence-electron chi connectivity index (χ0n) is 17.1. The summed E-state index contributed by atoms with van der Waals surface area (Å²) in [5.41, 5.74) is 4.81. The maximum absolute atomic E-state index is 12.8. The number of hydrogen-bond acceptors (Lipinski definition) is 3. The van der Waals surface area contributed by atoms with E-state index in [1.54, 1.807) is 10.6 Å². The van der Waals surface area contributed by atoms with E-state index < -0.39 is 0 Å². The van der Waals surface area contributed by atoms with Crippen molar-refractivity contribution in [1.29, 1.82) is 0 Å². The lowest BCUT2D eigenvalue weighted by molar-refractivity contribution is 0.208. The van der Waals surface area contributed by atoms with Crippen molar-refractivity contribution in [1.82, 2.24) is 14.5 Å². The second kappa shape index (κ2) is 7.71. The molecule has 3 aromatic rings. The summed E-state index contributed by atoms with van der Waals surface area (Å²) in [5.74, 6) is 1.31. The average molecular weight is 392 g/mol. The predicted octanol–water partition coefficient (Wildman–Crippen LogP) is 3.93. The minimum absolute atomic E-state index is 0.0499. The zero-order chi connectivity index (χ0) is 19.8. The molecule has 0 unspecified atom stereocenters. The Morgan fingerprint density at radius 1 is 1.14 bits per heavy atom. The molecule has 1 saturated carbocycles. The van der Waals surface area contributed by atoms with E-state index in [0.29, 0.717) is 11.7 Å². The van der Waals surface area contributed by atoms with Gasteiger partial charge in [0.15, 0.2) is 0 Å². The van der Waals surface area contributed by atoms with Gasteiger partial charge in [0.2, 0.25) is 0 Å². The van der Waals surface area contributed by atoms with E-state index in [9.17, 15) is 4.79 Å². The number of nitrogens with one attached hydrogen (secondary N) is 1. The lowest BCUT2D eigenvalue weighted by atomic mass is 9.90. The number of aromatic nitrogens is 2. The molecule has 1 fully saturated rings. The molecule has 152 valence electrons. The van der Waals surface area contributed by atoms with Gasteiger partial charge in [-0.15, -0.1) is 0 Å². The average Bonchev–Trinajstić information content (AvgIpc) is 3.05. The van der Waals surface area contributed by atoms with Gasteiger partial charge in [-0.3, -0.25) is 9.36 Å². The van der Waals surface area contributed by atoms with Crippen LogP contribution >= 0.6 is 0 Å². The standard InChI is InChI=1S/C24H29N3O2/c1-26-22-13-18(7-8-20(22)21-9-11-25-15-23(21)26)27-12-10-19(14-24(27)28)29-16-17-5-3-2-4-6-17/h7-8,10,12-14,17,25H,2-6,9,11,15-16H2,1H3. The van der Waals surface area contributed by atoms with Gasteiger partial charge in [0.1, 0.15) is 5.75 Å². The first-order valence-electron chi connectivity index (χ1n) is 10.9. The maximum atomic E-state index is 12.8. The molecule has 0 saturated heterocycles. The van der Waals surface area contributed by atoms with Crippen molar-refractivity contribution in [2.75, 3.05) is 13.2 Å². The molecule has 3 heterocycles. The fourth-order valence-corrected chi connectivity index (χ4v) is 4.96. The van der Waals surface area contributed by atoms with E-state index in [0.717, 1.165) is 31.8 Å². The van der Waals surface area contributed by atoms with Crippen molar-refractivity contribution < 1.29 is 4.74 Å². The van der Waals surface area contributed by atoms with Crippen LogP contribution in [0.3, 0.4) is 0 Å². The number of benzene rings is 1. The Morgan fingerprint density at radius 3 is 2.83 bits per heavy atom. The van der Waals surface area contributed by atoms with Crippen molar-refractivity contribution in [2.24, 2.45) is 13.0 Å². The van der Waals surface area contributed by atoms with Gasteiger partial charge in [-0.2, -0.15) is 0 Å². The number of nitrogens with zero attached hydrogens (tertiary/aromatic N) is 2. The summed E-state index contributed by atoms with van der Waals surface area (Å²) in [6, 6.07) is 9.86. The molecule has 1 aliphatic heterocycles. The van der Waals surface area contributed by atoms with Crippen LogP contribution in [-0.2, 0) is 20.0 Å². The van der Waals surface area contributed by atoms with Crippen LogP contribution in [0.5, 0.6) is 5.75 Å². The highest BCUT2D eigenvalue weighted by Crippen LogP contribution is 2.29. The highest BCUT2D eigenvalue weighted by Gasteiger charge is 2.18. The van der Waals surface area contributed by atoms with Crippen LogP contribution in [0, 0.1) is 5.92 Å². The normalized spacial score (nSPS) is 17.4. The Labute approximate surface area is 171 Å². The summed E-state index contributed by atoms with van der Waals surface area (Å²) in [5, 5.41) is 4.75. The quantitative estimate of drug-likeness (QED) is 0.733. The molecule has 0 bridgehead atoms. The van der Waals surface area contributed by atoms with Crippen molar-refractivity contribution in [3.05, 3.63) is 58.1 Å². The van der Waals surface area contributed by atoms with Crippen LogP contribution in [0.15, 0.2) is 41.3 Å². The zero-order valence-corrected chi connectivity index (χ0v) is 17.1. The number of rotatable bonds is 4. The molecule has 5 nitrogen and oxygen atoms in total. The number of ether oxygens (including phenoxy) is 1. The lowest BCUT2D eigenvalue weighted by Gasteiger charge is -2.21. The van der Waals surface area contributed by atoms with Gasteiger partial charge >= 0.3 is 0 Å². The van der Waals surface area contributed by atoms with Crippen molar-refractivity contribution >= 4 is 10.9 Å². The van der Waals surface area contributed by atoms with Crippen LogP contribution in [-0.4, -0.2) is 22.3 Å². The van der Waals surface area contributed by atoms with E-state index in [4.69, 9.17) is 4.74 Å². The molecule has 1 aromatic carbocycles. The Balaban J connectivity index is 1.41. The largest absolute Gasteiger partial charge is 0.493 e. The summed E-state index contributed by atoms with van der Waals surface area (Å²) < 4.78 is 9.90. The molecule has 29 heavy (non-hydrogen) atoms. The first kappa shape index (κ1) is 18.5.